The Kier molecular flexibility index (Phi) is 7.20. The van der Waals surface area contributed by atoms with E-state index in [2.05, 4.69) is 23.7 Å². The van der Waals surface area contributed by atoms with Crippen LogP contribution in [-0.2, 0) is 19.4 Å². The average Bonchev–Trinajstić information content (AvgIpc) is 3.23. The van der Waals surface area contributed by atoms with Gasteiger partial charge < -0.3 is 14.6 Å². The van der Waals surface area contributed by atoms with E-state index in [9.17, 15) is 9.59 Å². The lowest BCUT2D eigenvalue weighted by molar-refractivity contribution is 0.0625. The van der Waals surface area contributed by atoms with E-state index in [1.54, 1.807) is 11.3 Å². The number of hydrogen-bond acceptors (Lipinski definition) is 6. The number of thiophene rings is 1. The Morgan fingerprint density at radius 3 is 2.60 bits per heavy atom. The second-order valence-corrected chi connectivity index (χ2v) is 11.1. The fourth-order valence-electron chi connectivity index (χ4n) is 4.89. The van der Waals surface area contributed by atoms with Gasteiger partial charge in [-0.2, -0.15) is 0 Å². The molecule has 0 unspecified atom stereocenters. The summed E-state index contributed by atoms with van der Waals surface area (Å²) in [4.78, 5) is 40.0. The number of amides is 1. The van der Waals surface area contributed by atoms with Crippen LogP contribution in [0.4, 0.5) is 0 Å². The lowest BCUT2D eigenvalue weighted by atomic mass is 9.97. The smallest absolute Gasteiger partial charge is 0.259 e. The van der Waals surface area contributed by atoms with E-state index in [0.717, 1.165) is 54.7 Å². The van der Waals surface area contributed by atoms with Crippen LogP contribution in [-0.4, -0.2) is 58.5 Å². The predicted molar refractivity (Wildman–Crippen MR) is 139 cm³/mol. The first-order chi connectivity index (χ1) is 17.0. The van der Waals surface area contributed by atoms with Crippen molar-refractivity contribution in [3.8, 4) is 5.75 Å². The second kappa shape index (κ2) is 10.5. The Bertz CT molecular complexity index is 1240. The van der Waals surface area contributed by atoms with Crippen LogP contribution in [0, 0.1) is 5.92 Å². The fourth-order valence-corrected chi connectivity index (χ4v) is 6.17. The van der Waals surface area contributed by atoms with E-state index in [4.69, 9.17) is 9.72 Å². The van der Waals surface area contributed by atoms with Crippen LogP contribution in [0.5, 0.6) is 5.75 Å². The molecule has 5 rings (SSSR count). The molecular weight excluding hydrogens is 460 g/mol. The van der Waals surface area contributed by atoms with Gasteiger partial charge in [-0.3, -0.25) is 14.5 Å². The Balaban J connectivity index is 1.16. The quantitative estimate of drug-likeness (QED) is 0.531. The first-order valence-electron chi connectivity index (χ1n) is 12.8. The SMILES string of the molecule is CC(C)CCOc1ccc(C(=O)N2CCN(Cc3nc4sc5c(c4c(=O)[nH]3)CCCC5)CC2)cc1. The summed E-state index contributed by atoms with van der Waals surface area (Å²) in [6.45, 7) is 8.46. The number of hydrogen-bond donors (Lipinski definition) is 1. The minimum Gasteiger partial charge on any atom is -0.494 e. The number of fused-ring (bicyclic) bond motifs is 3. The highest BCUT2D eigenvalue weighted by Crippen LogP contribution is 2.33. The lowest BCUT2D eigenvalue weighted by Crippen LogP contribution is -2.48. The van der Waals surface area contributed by atoms with E-state index < -0.39 is 0 Å². The lowest BCUT2D eigenvalue weighted by Gasteiger charge is -2.34. The normalized spacial score (nSPS) is 16.6. The minimum atomic E-state index is -0.00477. The number of aromatic nitrogens is 2. The molecule has 1 saturated heterocycles. The van der Waals surface area contributed by atoms with Crippen LogP contribution < -0.4 is 10.3 Å². The largest absolute Gasteiger partial charge is 0.494 e. The van der Waals surface area contributed by atoms with Crippen molar-refractivity contribution in [2.75, 3.05) is 32.8 Å². The summed E-state index contributed by atoms with van der Waals surface area (Å²) in [5, 5.41) is 0.806. The molecule has 186 valence electrons. The highest BCUT2D eigenvalue weighted by Gasteiger charge is 2.24. The molecule has 1 aliphatic carbocycles. The molecule has 2 aliphatic rings. The monoisotopic (exact) mass is 494 g/mol. The van der Waals surface area contributed by atoms with Gasteiger partial charge in [-0.1, -0.05) is 13.8 Å². The number of aryl methyl sites for hydroxylation is 2. The molecule has 3 aromatic rings. The molecule has 1 N–H and O–H groups in total. The standard InChI is InChI=1S/C27H34N4O3S/c1-18(2)11-16-34-20-9-7-19(8-10-20)27(33)31-14-12-30(13-15-31)17-23-28-25(32)24-21-5-3-4-6-22(21)35-26(24)29-23/h7-10,18H,3-6,11-17H2,1-2H3,(H,28,29,32). The van der Waals surface area contributed by atoms with E-state index >= 15 is 0 Å². The van der Waals surface area contributed by atoms with Crippen LogP contribution in [0.3, 0.4) is 0 Å². The van der Waals surface area contributed by atoms with E-state index in [-0.39, 0.29) is 11.5 Å². The zero-order chi connectivity index (χ0) is 24.4. The number of nitrogens with zero attached hydrogens (tertiary/aromatic N) is 3. The summed E-state index contributed by atoms with van der Waals surface area (Å²) in [5.41, 5.74) is 1.90. The van der Waals surface area contributed by atoms with Crippen molar-refractivity contribution in [1.82, 2.24) is 19.8 Å². The van der Waals surface area contributed by atoms with Crippen LogP contribution >= 0.6 is 11.3 Å². The van der Waals surface area contributed by atoms with E-state index in [1.807, 2.05) is 29.2 Å². The second-order valence-electron chi connectivity index (χ2n) is 10.0. The van der Waals surface area contributed by atoms with Crippen molar-refractivity contribution in [1.29, 1.82) is 0 Å². The first kappa shape index (κ1) is 24.0. The number of ether oxygens (including phenoxy) is 1. The summed E-state index contributed by atoms with van der Waals surface area (Å²) in [5.74, 6) is 2.18. The van der Waals surface area contributed by atoms with Crippen LogP contribution in [0.1, 0.15) is 59.7 Å². The maximum Gasteiger partial charge on any atom is 0.259 e. The Hall–Kier alpha value is -2.71. The summed E-state index contributed by atoms with van der Waals surface area (Å²) in [6.07, 6.45) is 5.42. The van der Waals surface area contributed by atoms with Crippen LogP contribution in [0.15, 0.2) is 29.1 Å². The van der Waals surface area contributed by atoms with Gasteiger partial charge in [0.25, 0.3) is 11.5 Å². The van der Waals surface area contributed by atoms with Gasteiger partial charge in [-0.15, -0.1) is 11.3 Å². The van der Waals surface area contributed by atoms with Crippen molar-refractivity contribution < 1.29 is 9.53 Å². The molecule has 3 heterocycles. The molecule has 0 spiro atoms. The molecule has 1 aliphatic heterocycles. The molecule has 0 bridgehead atoms. The average molecular weight is 495 g/mol. The summed E-state index contributed by atoms with van der Waals surface area (Å²) in [7, 11) is 0. The molecular formula is C27H34N4O3S. The molecule has 8 heteroatoms. The number of benzene rings is 1. The highest BCUT2D eigenvalue weighted by molar-refractivity contribution is 7.18. The van der Waals surface area contributed by atoms with Gasteiger partial charge in [-0.05, 0) is 67.9 Å². The van der Waals surface area contributed by atoms with Crippen LogP contribution in [0.2, 0.25) is 0 Å². The maximum atomic E-state index is 13.0. The first-order valence-corrected chi connectivity index (χ1v) is 13.6. The fraction of sp³-hybridized carbons (Fsp3) is 0.519. The molecule has 7 nitrogen and oxygen atoms in total. The van der Waals surface area contributed by atoms with Gasteiger partial charge in [0.15, 0.2) is 0 Å². The number of carbonyl (C=O) groups excluding carboxylic acids is 1. The Morgan fingerprint density at radius 1 is 1.11 bits per heavy atom. The molecule has 1 amide bonds. The van der Waals surface area contributed by atoms with Crippen LogP contribution in [0.25, 0.3) is 10.2 Å². The molecule has 1 fully saturated rings. The predicted octanol–water partition coefficient (Wildman–Crippen LogP) is 4.25. The third kappa shape index (κ3) is 5.43. The summed E-state index contributed by atoms with van der Waals surface area (Å²) in [6, 6.07) is 7.46. The number of aromatic amines is 1. The van der Waals surface area contributed by atoms with E-state index in [1.165, 1.54) is 16.9 Å². The zero-order valence-electron chi connectivity index (χ0n) is 20.6. The van der Waals surface area contributed by atoms with Gasteiger partial charge >= 0.3 is 0 Å². The number of H-pyrrole nitrogens is 1. The minimum absolute atomic E-state index is 0.00477. The number of carbonyl (C=O) groups is 1. The maximum absolute atomic E-state index is 13.0. The summed E-state index contributed by atoms with van der Waals surface area (Å²) >= 11 is 1.69. The molecule has 0 atom stereocenters. The van der Waals surface area contributed by atoms with Gasteiger partial charge in [-0.25, -0.2) is 4.98 Å². The Morgan fingerprint density at radius 2 is 1.86 bits per heavy atom. The topological polar surface area (TPSA) is 78.5 Å². The molecule has 0 radical (unpaired) electrons. The van der Waals surface area contributed by atoms with Crippen molar-refractivity contribution in [2.45, 2.75) is 52.5 Å². The van der Waals surface area contributed by atoms with Crippen molar-refractivity contribution in [3.05, 3.63) is 56.4 Å². The third-order valence-corrected chi connectivity index (χ3v) is 8.16. The molecule has 1 aromatic carbocycles. The van der Waals surface area contributed by atoms with Gasteiger partial charge in [0.1, 0.15) is 16.4 Å². The van der Waals surface area contributed by atoms with Crippen molar-refractivity contribution in [2.24, 2.45) is 5.92 Å². The van der Waals surface area contributed by atoms with Crippen molar-refractivity contribution >= 4 is 27.5 Å². The Labute approximate surface area is 210 Å². The molecule has 0 saturated carbocycles. The number of rotatable bonds is 7. The van der Waals surface area contributed by atoms with Gasteiger partial charge in [0.05, 0.1) is 18.5 Å². The summed E-state index contributed by atoms with van der Waals surface area (Å²) < 4.78 is 5.76. The van der Waals surface area contributed by atoms with Gasteiger partial charge in [0, 0.05) is 36.6 Å². The number of nitrogens with one attached hydrogen (secondary N) is 1. The van der Waals surface area contributed by atoms with Gasteiger partial charge in [0.2, 0.25) is 0 Å². The third-order valence-electron chi connectivity index (χ3n) is 6.97. The number of piperazine rings is 1. The zero-order valence-corrected chi connectivity index (χ0v) is 21.5. The van der Waals surface area contributed by atoms with E-state index in [0.29, 0.717) is 43.5 Å². The molecule has 35 heavy (non-hydrogen) atoms. The highest BCUT2D eigenvalue weighted by atomic mass is 32.1. The molecule has 2 aromatic heterocycles. The van der Waals surface area contributed by atoms with Crippen molar-refractivity contribution in [3.63, 3.8) is 0 Å².